The van der Waals surface area contributed by atoms with Crippen LogP contribution in [0.2, 0.25) is 0 Å². The van der Waals surface area contributed by atoms with Crippen molar-refractivity contribution in [2.75, 3.05) is 18.8 Å². The highest BCUT2D eigenvalue weighted by molar-refractivity contribution is 5.58. The quantitative estimate of drug-likeness (QED) is 0.727. The van der Waals surface area contributed by atoms with Crippen molar-refractivity contribution in [2.24, 2.45) is 0 Å². The maximum absolute atomic E-state index is 5.52. The lowest BCUT2D eigenvalue weighted by molar-refractivity contribution is 0.174. The van der Waals surface area contributed by atoms with Gasteiger partial charge in [0.2, 0.25) is 6.79 Å². The second kappa shape index (κ2) is 5.98. The minimum Gasteiger partial charge on any atom is -0.497 e. The number of aromatic nitrogens is 2. The van der Waals surface area contributed by atoms with Gasteiger partial charge in [-0.3, -0.25) is 0 Å². The Morgan fingerprint density at radius 2 is 2.00 bits per heavy atom. The van der Waals surface area contributed by atoms with Crippen LogP contribution in [-0.4, -0.2) is 23.5 Å². The Bertz CT molecular complexity index is 967. The van der Waals surface area contributed by atoms with E-state index in [0.29, 0.717) is 6.79 Å². The highest BCUT2D eigenvalue weighted by atomic mass is 16.7. The maximum atomic E-state index is 5.52. The van der Waals surface area contributed by atoms with Crippen LogP contribution in [0.3, 0.4) is 0 Å². The van der Waals surface area contributed by atoms with E-state index in [1.165, 1.54) is 16.8 Å². The van der Waals surface area contributed by atoms with Crippen LogP contribution < -0.4 is 19.1 Å². The van der Waals surface area contributed by atoms with Crippen LogP contribution in [0.25, 0.3) is 0 Å². The molecule has 3 heterocycles. The summed E-state index contributed by atoms with van der Waals surface area (Å²) in [5, 5.41) is 0. The Kier molecular flexibility index (Phi) is 3.48. The van der Waals surface area contributed by atoms with Gasteiger partial charge in [0.15, 0.2) is 11.5 Å². The van der Waals surface area contributed by atoms with E-state index < -0.39 is 0 Å². The minimum atomic E-state index is 0.294. The molecule has 0 atom stereocenters. The summed E-state index contributed by atoms with van der Waals surface area (Å²) in [5.41, 5.74) is 3.60. The highest BCUT2D eigenvalue weighted by Gasteiger charge is 2.21. The van der Waals surface area contributed by atoms with Crippen molar-refractivity contribution in [2.45, 2.75) is 19.6 Å². The molecule has 0 radical (unpaired) electrons. The molecule has 2 aromatic carbocycles. The predicted molar refractivity (Wildman–Crippen MR) is 96.8 cm³/mol. The van der Waals surface area contributed by atoms with Gasteiger partial charge in [-0.25, -0.2) is 4.98 Å². The van der Waals surface area contributed by atoms with E-state index in [-0.39, 0.29) is 0 Å². The van der Waals surface area contributed by atoms with Crippen molar-refractivity contribution in [1.82, 2.24) is 9.55 Å². The number of ether oxygens (including phenoxy) is 3. The lowest BCUT2D eigenvalue weighted by Gasteiger charge is -2.25. The average molecular weight is 349 g/mol. The van der Waals surface area contributed by atoms with Crippen molar-refractivity contribution < 1.29 is 14.2 Å². The molecule has 5 rings (SSSR count). The van der Waals surface area contributed by atoms with Crippen LogP contribution in [0.1, 0.15) is 17.0 Å². The van der Waals surface area contributed by atoms with Crippen LogP contribution in [0.4, 0.5) is 5.69 Å². The number of imidazole rings is 1. The first kappa shape index (κ1) is 15.1. The molecule has 132 valence electrons. The highest BCUT2D eigenvalue weighted by Crippen LogP contribution is 2.35. The number of rotatable bonds is 3. The molecule has 0 saturated heterocycles. The van der Waals surface area contributed by atoms with E-state index >= 15 is 0 Å². The third-order valence-electron chi connectivity index (χ3n) is 4.91. The lowest BCUT2D eigenvalue weighted by atomic mass is 10.1. The molecule has 0 amide bonds. The first-order valence-electron chi connectivity index (χ1n) is 8.60. The third-order valence-corrected chi connectivity index (χ3v) is 4.91. The van der Waals surface area contributed by atoms with Gasteiger partial charge < -0.3 is 23.7 Å². The van der Waals surface area contributed by atoms with Gasteiger partial charge >= 0.3 is 0 Å². The SMILES string of the molecule is COc1ccc2c(c1)Cn1ccnc1CN2Cc1ccc2c(c1)OCO2. The molecule has 26 heavy (non-hydrogen) atoms. The molecule has 6 nitrogen and oxygen atoms in total. The van der Waals surface area contributed by atoms with E-state index in [0.717, 1.165) is 42.7 Å². The summed E-state index contributed by atoms with van der Waals surface area (Å²) in [6.45, 7) is 2.60. The predicted octanol–water partition coefficient (Wildman–Crippen LogP) is 3.19. The van der Waals surface area contributed by atoms with E-state index in [4.69, 9.17) is 14.2 Å². The molecule has 3 aromatic rings. The summed E-state index contributed by atoms with van der Waals surface area (Å²) < 4.78 is 18.6. The zero-order chi connectivity index (χ0) is 17.5. The summed E-state index contributed by atoms with van der Waals surface area (Å²) in [6.07, 6.45) is 3.89. The summed E-state index contributed by atoms with van der Waals surface area (Å²) in [6, 6.07) is 12.4. The Morgan fingerprint density at radius 3 is 2.92 bits per heavy atom. The molecular weight excluding hydrogens is 330 g/mol. The van der Waals surface area contributed by atoms with Crippen LogP contribution in [0.15, 0.2) is 48.8 Å². The number of hydrogen-bond donors (Lipinski definition) is 0. The van der Waals surface area contributed by atoms with Crippen molar-refractivity contribution in [3.63, 3.8) is 0 Å². The molecule has 0 unspecified atom stereocenters. The molecule has 0 N–H and O–H groups in total. The Balaban J connectivity index is 1.53. The summed E-state index contributed by atoms with van der Waals surface area (Å²) >= 11 is 0. The van der Waals surface area contributed by atoms with E-state index in [2.05, 4.69) is 38.7 Å². The van der Waals surface area contributed by atoms with Gasteiger partial charge in [-0.15, -0.1) is 0 Å². The number of nitrogens with zero attached hydrogens (tertiary/aromatic N) is 3. The van der Waals surface area contributed by atoms with Gasteiger partial charge in [-0.2, -0.15) is 0 Å². The fourth-order valence-electron chi connectivity index (χ4n) is 3.60. The smallest absolute Gasteiger partial charge is 0.231 e. The van der Waals surface area contributed by atoms with Crippen molar-refractivity contribution in [3.8, 4) is 17.2 Å². The summed E-state index contributed by atoms with van der Waals surface area (Å²) in [5.74, 6) is 3.55. The molecule has 0 aliphatic carbocycles. The van der Waals surface area contributed by atoms with E-state index in [1.807, 2.05) is 24.5 Å². The number of benzene rings is 2. The molecule has 0 spiro atoms. The normalized spacial score (nSPS) is 14.6. The van der Waals surface area contributed by atoms with Gasteiger partial charge in [0.1, 0.15) is 11.6 Å². The molecule has 2 aliphatic heterocycles. The molecular formula is C20H19N3O3. The van der Waals surface area contributed by atoms with Gasteiger partial charge in [0.05, 0.1) is 20.2 Å². The maximum Gasteiger partial charge on any atom is 0.231 e. The molecule has 2 aliphatic rings. The van der Waals surface area contributed by atoms with Crippen LogP contribution in [0.5, 0.6) is 17.2 Å². The summed E-state index contributed by atoms with van der Waals surface area (Å²) in [4.78, 5) is 6.88. The standard InChI is InChI=1S/C20H19N3O3/c1-24-16-3-4-17-15(9-16)11-22-7-6-21-20(22)12-23(17)10-14-2-5-18-19(8-14)26-13-25-18/h2-9H,10-13H2,1H3. The van der Waals surface area contributed by atoms with Crippen molar-refractivity contribution in [3.05, 3.63) is 65.7 Å². The van der Waals surface area contributed by atoms with Crippen LogP contribution in [-0.2, 0) is 19.6 Å². The monoisotopic (exact) mass is 349 g/mol. The lowest BCUT2D eigenvalue weighted by Crippen LogP contribution is -2.22. The first-order valence-corrected chi connectivity index (χ1v) is 8.60. The molecule has 0 bridgehead atoms. The topological polar surface area (TPSA) is 48.8 Å². The van der Waals surface area contributed by atoms with Gasteiger partial charge in [0, 0.05) is 24.6 Å². The van der Waals surface area contributed by atoms with Gasteiger partial charge in [-0.05, 0) is 41.5 Å². The van der Waals surface area contributed by atoms with Crippen LogP contribution >= 0.6 is 0 Å². The molecule has 6 heteroatoms. The molecule has 0 saturated carbocycles. The Labute approximate surface area is 151 Å². The van der Waals surface area contributed by atoms with Crippen molar-refractivity contribution in [1.29, 1.82) is 0 Å². The number of fused-ring (bicyclic) bond motifs is 3. The zero-order valence-electron chi connectivity index (χ0n) is 14.5. The fourth-order valence-corrected chi connectivity index (χ4v) is 3.60. The second-order valence-electron chi connectivity index (χ2n) is 6.51. The molecule has 1 aromatic heterocycles. The zero-order valence-corrected chi connectivity index (χ0v) is 14.5. The van der Waals surface area contributed by atoms with Crippen molar-refractivity contribution >= 4 is 5.69 Å². The van der Waals surface area contributed by atoms with Gasteiger partial charge in [-0.1, -0.05) is 6.07 Å². The average Bonchev–Trinajstić information content (AvgIpc) is 3.27. The third kappa shape index (κ3) is 2.54. The van der Waals surface area contributed by atoms with Gasteiger partial charge in [0.25, 0.3) is 0 Å². The molecule has 0 fully saturated rings. The Hall–Kier alpha value is -3.15. The van der Waals surface area contributed by atoms with E-state index in [1.54, 1.807) is 7.11 Å². The summed E-state index contributed by atoms with van der Waals surface area (Å²) in [7, 11) is 1.70. The fraction of sp³-hybridized carbons (Fsp3) is 0.250. The van der Waals surface area contributed by atoms with E-state index in [9.17, 15) is 0 Å². The first-order chi connectivity index (χ1) is 12.8. The largest absolute Gasteiger partial charge is 0.497 e. The second-order valence-corrected chi connectivity index (χ2v) is 6.51. The van der Waals surface area contributed by atoms with Crippen LogP contribution in [0, 0.1) is 0 Å². The number of methoxy groups -OCH3 is 1. The number of hydrogen-bond acceptors (Lipinski definition) is 5. The minimum absolute atomic E-state index is 0.294. The Morgan fingerprint density at radius 1 is 1.08 bits per heavy atom. The number of anilines is 1.